The van der Waals surface area contributed by atoms with Crippen molar-refractivity contribution in [3.63, 3.8) is 0 Å². The van der Waals surface area contributed by atoms with Gasteiger partial charge in [0.15, 0.2) is 6.61 Å². The number of esters is 1. The maximum Gasteiger partial charge on any atom is 0.338 e. The monoisotopic (exact) mass is 493 g/mol. The van der Waals surface area contributed by atoms with E-state index in [0.29, 0.717) is 5.69 Å². The summed E-state index contributed by atoms with van der Waals surface area (Å²) in [4.78, 5) is 48.8. The van der Waals surface area contributed by atoms with Crippen LogP contribution in [-0.2, 0) is 29.1 Å². The van der Waals surface area contributed by atoms with Crippen molar-refractivity contribution < 1.29 is 32.3 Å². The van der Waals surface area contributed by atoms with Gasteiger partial charge >= 0.3 is 5.97 Å². The van der Waals surface area contributed by atoms with Crippen LogP contribution in [0.25, 0.3) is 0 Å². The van der Waals surface area contributed by atoms with E-state index in [1.807, 2.05) is 0 Å². The van der Waals surface area contributed by atoms with Crippen molar-refractivity contribution in [3.8, 4) is 0 Å². The first kappa shape index (κ1) is 24.4. The van der Waals surface area contributed by atoms with Gasteiger partial charge < -0.3 is 10.1 Å². The number of nitrogens with zero attached hydrogens (tertiary/aromatic N) is 2. The lowest BCUT2D eigenvalue weighted by atomic mass is 10.2. The lowest BCUT2D eigenvalue weighted by Crippen LogP contribution is -2.28. The Morgan fingerprint density at radius 3 is 2.24 bits per heavy atom. The fraction of sp³-hybridized carbons (Fsp3) is 0.238. The number of anilines is 2. The van der Waals surface area contributed by atoms with Gasteiger partial charge in [-0.15, -0.1) is 0 Å². The van der Waals surface area contributed by atoms with Crippen molar-refractivity contribution in [2.24, 2.45) is 0 Å². The van der Waals surface area contributed by atoms with Crippen molar-refractivity contribution >= 4 is 56.7 Å². The normalized spacial score (nSPS) is 14.0. The molecule has 1 aliphatic heterocycles. The number of ether oxygens (including phenoxy) is 1. The fourth-order valence-electron chi connectivity index (χ4n) is 3.00. The second-order valence-electron chi connectivity index (χ2n) is 7.23. The van der Waals surface area contributed by atoms with Crippen LogP contribution in [0.2, 0.25) is 5.02 Å². The van der Waals surface area contributed by atoms with Crippen LogP contribution in [0.4, 0.5) is 11.4 Å². The lowest BCUT2D eigenvalue weighted by molar-refractivity contribution is -0.121. The van der Waals surface area contributed by atoms with E-state index in [4.69, 9.17) is 16.3 Å². The number of carbonyl (C=O) groups is 4. The van der Waals surface area contributed by atoms with Crippen LogP contribution in [0.15, 0.2) is 47.4 Å². The SMILES string of the molecule is CN(C)S(=O)(=O)c1cc(NC(=O)COC(=O)c2ccc(N3C(=O)CCC3=O)cc2)ccc1Cl. The number of amides is 3. The summed E-state index contributed by atoms with van der Waals surface area (Å²) >= 11 is 5.97. The van der Waals surface area contributed by atoms with E-state index in [1.165, 1.54) is 56.6 Å². The Labute approximate surface area is 195 Å². The molecule has 12 heteroatoms. The molecule has 3 rings (SSSR count). The molecule has 1 N–H and O–H groups in total. The summed E-state index contributed by atoms with van der Waals surface area (Å²) in [5.41, 5.74) is 0.629. The molecule has 33 heavy (non-hydrogen) atoms. The molecule has 10 nitrogen and oxygen atoms in total. The number of benzene rings is 2. The quantitative estimate of drug-likeness (QED) is 0.461. The highest BCUT2D eigenvalue weighted by Crippen LogP contribution is 2.27. The van der Waals surface area contributed by atoms with Crippen LogP contribution in [0, 0.1) is 0 Å². The third-order valence-corrected chi connectivity index (χ3v) is 7.02. The first-order chi connectivity index (χ1) is 15.5. The van der Waals surface area contributed by atoms with E-state index in [-0.39, 0.29) is 45.8 Å². The topological polar surface area (TPSA) is 130 Å². The van der Waals surface area contributed by atoms with Crippen molar-refractivity contribution in [2.75, 3.05) is 30.9 Å². The van der Waals surface area contributed by atoms with Gasteiger partial charge in [0.2, 0.25) is 21.8 Å². The van der Waals surface area contributed by atoms with Gasteiger partial charge in [-0.25, -0.2) is 17.5 Å². The average molecular weight is 494 g/mol. The molecule has 0 unspecified atom stereocenters. The lowest BCUT2D eigenvalue weighted by Gasteiger charge is -2.14. The van der Waals surface area contributed by atoms with Crippen LogP contribution < -0.4 is 10.2 Å². The zero-order valence-electron chi connectivity index (χ0n) is 17.7. The zero-order chi connectivity index (χ0) is 24.3. The number of hydrogen-bond donors (Lipinski definition) is 1. The van der Waals surface area contributed by atoms with E-state index >= 15 is 0 Å². The van der Waals surface area contributed by atoms with Gasteiger partial charge in [-0.2, -0.15) is 0 Å². The molecular weight excluding hydrogens is 474 g/mol. The highest BCUT2D eigenvalue weighted by Gasteiger charge is 2.30. The number of nitrogens with one attached hydrogen (secondary N) is 1. The van der Waals surface area contributed by atoms with Crippen LogP contribution in [0.1, 0.15) is 23.2 Å². The molecule has 1 heterocycles. The summed E-state index contributed by atoms with van der Waals surface area (Å²) in [6.45, 7) is -0.623. The minimum atomic E-state index is -3.83. The zero-order valence-corrected chi connectivity index (χ0v) is 19.3. The molecule has 0 aromatic heterocycles. The highest BCUT2D eigenvalue weighted by atomic mass is 35.5. The van der Waals surface area contributed by atoms with E-state index in [0.717, 1.165) is 9.21 Å². The van der Waals surface area contributed by atoms with Gasteiger partial charge in [0, 0.05) is 32.6 Å². The predicted octanol–water partition coefficient (Wildman–Crippen LogP) is 2.04. The van der Waals surface area contributed by atoms with E-state index < -0.39 is 28.5 Å². The molecule has 0 atom stereocenters. The summed E-state index contributed by atoms with van der Waals surface area (Å²) in [7, 11) is -1.12. The van der Waals surface area contributed by atoms with Crippen LogP contribution in [0.3, 0.4) is 0 Å². The third kappa shape index (κ3) is 5.38. The Balaban J connectivity index is 1.61. The molecular formula is C21H20ClN3O7S. The van der Waals surface area contributed by atoms with Gasteiger partial charge in [-0.05, 0) is 42.5 Å². The maximum atomic E-state index is 12.3. The number of imide groups is 1. The predicted molar refractivity (Wildman–Crippen MR) is 119 cm³/mol. The molecule has 2 aromatic carbocycles. The Morgan fingerprint density at radius 1 is 1.06 bits per heavy atom. The van der Waals surface area contributed by atoms with Gasteiger partial charge in [0.05, 0.1) is 16.3 Å². The Kier molecular flexibility index (Phi) is 7.15. The summed E-state index contributed by atoms with van der Waals surface area (Å²) in [6.07, 6.45) is 0.294. The Hall–Kier alpha value is -3.28. The molecule has 1 fully saturated rings. The molecule has 0 aliphatic carbocycles. The van der Waals surface area contributed by atoms with E-state index in [1.54, 1.807) is 0 Å². The Morgan fingerprint density at radius 2 is 1.67 bits per heavy atom. The van der Waals surface area contributed by atoms with Crippen molar-refractivity contribution in [3.05, 3.63) is 53.1 Å². The molecule has 1 aliphatic rings. The highest BCUT2D eigenvalue weighted by molar-refractivity contribution is 7.89. The minimum absolute atomic E-state index is 0.00564. The number of rotatable bonds is 7. The number of carbonyl (C=O) groups excluding carboxylic acids is 4. The van der Waals surface area contributed by atoms with Gasteiger partial charge in [-0.1, -0.05) is 11.6 Å². The van der Waals surface area contributed by atoms with Crippen molar-refractivity contribution in [1.82, 2.24) is 4.31 Å². The van der Waals surface area contributed by atoms with Crippen molar-refractivity contribution in [1.29, 1.82) is 0 Å². The van der Waals surface area contributed by atoms with Crippen LogP contribution in [0.5, 0.6) is 0 Å². The minimum Gasteiger partial charge on any atom is -0.452 e. The van der Waals surface area contributed by atoms with Gasteiger partial charge in [0.1, 0.15) is 4.90 Å². The summed E-state index contributed by atoms with van der Waals surface area (Å²) in [5, 5.41) is 2.44. The summed E-state index contributed by atoms with van der Waals surface area (Å²) in [5.74, 6) is -2.10. The summed E-state index contributed by atoms with van der Waals surface area (Å²) in [6, 6.07) is 9.60. The first-order valence-corrected chi connectivity index (χ1v) is 11.5. The summed E-state index contributed by atoms with van der Waals surface area (Å²) < 4.78 is 30.6. The third-order valence-electron chi connectivity index (χ3n) is 4.72. The fourth-order valence-corrected chi connectivity index (χ4v) is 4.39. The molecule has 0 radical (unpaired) electrons. The van der Waals surface area contributed by atoms with Gasteiger partial charge in [0.25, 0.3) is 5.91 Å². The average Bonchev–Trinajstić information content (AvgIpc) is 3.11. The molecule has 2 aromatic rings. The van der Waals surface area contributed by atoms with Crippen LogP contribution >= 0.6 is 11.6 Å². The largest absolute Gasteiger partial charge is 0.452 e. The molecule has 0 bridgehead atoms. The Bertz CT molecular complexity index is 1210. The second-order valence-corrected chi connectivity index (χ2v) is 9.75. The molecule has 174 valence electrons. The van der Waals surface area contributed by atoms with E-state index in [9.17, 15) is 27.6 Å². The van der Waals surface area contributed by atoms with E-state index in [2.05, 4.69) is 5.32 Å². The molecule has 0 saturated carbocycles. The maximum absolute atomic E-state index is 12.3. The standard InChI is InChI=1S/C21H20ClN3O7S/c1-24(2)33(30,31)17-11-14(5-8-16(17)22)23-18(26)12-32-21(29)13-3-6-15(7-4-13)25-19(27)9-10-20(25)28/h3-8,11H,9-10,12H2,1-2H3,(H,23,26). The number of hydrogen-bond acceptors (Lipinski definition) is 7. The van der Waals surface area contributed by atoms with Crippen LogP contribution in [-0.4, -0.2) is 57.1 Å². The van der Waals surface area contributed by atoms with Gasteiger partial charge in [-0.3, -0.25) is 19.3 Å². The number of halogens is 1. The molecule has 1 saturated heterocycles. The molecule has 0 spiro atoms. The first-order valence-electron chi connectivity index (χ1n) is 9.65. The molecule has 3 amide bonds. The smallest absolute Gasteiger partial charge is 0.338 e. The second kappa shape index (κ2) is 9.69. The number of sulfonamides is 1. The van der Waals surface area contributed by atoms with Crippen molar-refractivity contribution in [2.45, 2.75) is 17.7 Å².